The van der Waals surface area contributed by atoms with Crippen LogP contribution in [-0.4, -0.2) is 11.0 Å². The molecule has 0 aliphatic heterocycles. The van der Waals surface area contributed by atoms with Gasteiger partial charge in [-0.05, 0) is 49.7 Å². The predicted octanol–water partition coefficient (Wildman–Crippen LogP) is 3.33. The van der Waals surface area contributed by atoms with Gasteiger partial charge in [0.2, 0.25) is 0 Å². The van der Waals surface area contributed by atoms with E-state index in [1.54, 1.807) is 25.1 Å². The van der Waals surface area contributed by atoms with Crippen molar-refractivity contribution in [2.75, 3.05) is 0 Å². The molecule has 0 heterocycles. The quantitative estimate of drug-likeness (QED) is 0.390. The summed E-state index contributed by atoms with van der Waals surface area (Å²) in [7, 11) is 0. The molecule has 0 amide bonds. The van der Waals surface area contributed by atoms with E-state index in [4.69, 9.17) is 15.7 Å². The molecule has 0 aliphatic rings. The van der Waals surface area contributed by atoms with Crippen molar-refractivity contribution in [2.24, 2.45) is 10.9 Å². The maximum absolute atomic E-state index is 13.1. The lowest BCUT2D eigenvalue weighted by Crippen LogP contribution is -2.14. The van der Waals surface area contributed by atoms with Gasteiger partial charge in [0.05, 0.1) is 5.56 Å². The standard InChI is InChI=1S/C15H15FN2O2/c1-9-3-5-14(12(7-9)15(17)18-19)20-13-6-4-11(16)8-10(13)2/h3-8,19H,1-2H3,(H2,17,18). The number of ether oxygens (including phenoxy) is 1. The van der Waals surface area contributed by atoms with E-state index in [0.717, 1.165) is 5.56 Å². The lowest BCUT2D eigenvalue weighted by atomic mass is 10.1. The second-order valence-electron chi connectivity index (χ2n) is 4.50. The third-order valence-electron chi connectivity index (χ3n) is 2.88. The maximum Gasteiger partial charge on any atom is 0.173 e. The van der Waals surface area contributed by atoms with E-state index in [9.17, 15) is 4.39 Å². The molecule has 0 saturated carbocycles. The SMILES string of the molecule is Cc1ccc(Oc2ccc(F)cc2C)c(/C(N)=N/O)c1. The first-order chi connectivity index (χ1) is 9.51. The summed E-state index contributed by atoms with van der Waals surface area (Å²) in [4.78, 5) is 0. The number of rotatable bonds is 3. The highest BCUT2D eigenvalue weighted by molar-refractivity contribution is 5.99. The molecule has 3 N–H and O–H groups in total. The predicted molar refractivity (Wildman–Crippen MR) is 74.9 cm³/mol. The average molecular weight is 274 g/mol. The summed E-state index contributed by atoms with van der Waals surface area (Å²) >= 11 is 0. The number of oxime groups is 1. The molecule has 0 radical (unpaired) electrons. The van der Waals surface area contributed by atoms with E-state index in [-0.39, 0.29) is 11.7 Å². The summed E-state index contributed by atoms with van der Waals surface area (Å²) in [5.74, 6) is 0.599. The Balaban J connectivity index is 2.43. The Kier molecular flexibility index (Phi) is 3.89. The van der Waals surface area contributed by atoms with Crippen molar-refractivity contribution < 1.29 is 14.3 Å². The molecule has 0 fully saturated rings. The van der Waals surface area contributed by atoms with E-state index in [2.05, 4.69) is 5.16 Å². The molecule has 0 saturated heterocycles. The van der Waals surface area contributed by atoms with Crippen LogP contribution in [0.3, 0.4) is 0 Å². The van der Waals surface area contributed by atoms with Gasteiger partial charge in [-0.15, -0.1) is 0 Å². The Labute approximate surface area is 116 Å². The molecule has 0 aromatic heterocycles. The topological polar surface area (TPSA) is 67.8 Å². The number of hydrogen-bond donors (Lipinski definition) is 2. The molecule has 20 heavy (non-hydrogen) atoms. The van der Waals surface area contributed by atoms with Crippen LogP contribution in [0.4, 0.5) is 4.39 Å². The highest BCUT2D eigenvalue weighted by Gasteiger charge is 2.11. The van der Waals surface area contributed by atoms with Gasteiger partial charge in [0.25, 0.3) is 0 Å². The van der Waals surface area contributed by atoms with Gasteiger partial charge in [0.1, 0.15) is 17.3 Å². The highest BCUT2D eigenvalue weighted by Crippen LogP contribution is 2.29. The van der Waals surface area contributed by atoms with Gasteiger partial charge >= 0.3 is 0 Å². The number of hydrogen-bond acceptors (Lipinski definition) is 3. The van der Waals surface area contributed by atoms with Crippen LogP contribution < -0.4 is 10.5 Å². The fourth-order valence-corrected chi connectivity index (χ4v) is 1.83. The highest BCUT2D eigenvalue weighted by atomic mass is 19.1. The van der Waals surface area contributed by atoms with Crippen molar-refractivity contribution in [1.29, 1.82) is 0 Å². The van der Waals surface area contributed by atoms with Crippen molar-refractivity contribution in [3.8, 4) is 11.5 Å². The molecule has 0 spiro atoms. The third kappa shape index (κ3) is 2.88. The van der Waals surface area contributed by atoms with Gasteiger partial charge in [0, 0.05) is 0 Å². The Morgan fingerprint density at radius 3 is 2.50 bits per heavy atom. The normalized spacial score (nSPS) is 11.4. The van der Waals surface area contributed by atoms with Crippen LogP contribution in [0, 0.1) is 19.7 Å². The van der Waals surface area contributed by atoms with Gasteiger partial charge in [-0.25, -0.2) is 4.39 Å². The monoisotopic (exact) mass is 274 g/mol. The molecular formula is C15H15FN2O2. The Bertz CT molecular complexity index is 669. The van der Waals surface area contributed by atoms with Crippen molar-refractivity contribution >= 4 is 5.84 Å². The van der Waals surface area contributed by atoms with E-state index >= 15 is 0 Å². The van der Waals surface area contributed by atoms with Crippen LogP contribution in [0.25, 0.3) is 0 Å². The van der Waals surface area contributed by atoms with Crippen molar-refractivity contribution in [1.82, 2.24) is 0 Å². The Morgan fingerprint density at radius 1 is 1.15 bits per heavy atom. The molecule has 0 bridgehead atoms. The second kappa shape index (κ2) is 5.61. The number of amidine groups is 1. The minimum Gasteiger partial charge on any atom is -0.456 e. The summed E-state index contributed by atoms with van der Waals surface area (Å²) < 4.78 is 18.8. The van der Waals surface area contributed by atoms with Crippen LogP contribution in [0.1, 0.15) is 16.7 Å². The number of nitrogens with zero attached hydrogens (tertiary/aromatic N) is 1. The molecule has 5 heteroatoms. The van der Waals surface area contributed by atoms with Gasteiger partial charge < -0.3 is 15.7 Å². The van der Waals surface area contributed by atoms with Gasteiger partial charge in [0.15, 0.2) is 5.84 Å². The first-order valence-electron chi connectivity index (χ1n) is 6.04. The minimum absolute atomic E-state index is 0.0385. The zero-order valence-electron chi connectivity index (χ0n) is 11.2. The second-order valence-corrected chi connectivity index (χ2v) is 4.50. The number of halogens is 1. The van der Waals surface area contributed by atoms with Gasteiger partial charge in [-0.3, -0.25) is 0 Å². The van der Waals surface area contributed by atoms with Crippen LogP contribution in [0.2, 0.25) is 0 Å². The largest absolute Gasteiger partial charge is 0.456 e. The van der Waals surface area contributed by atoms with Crippen LogP contribution in [0.15, 0.2) is 41.6 Å². The van der Waals surface area contributed by atoms with E-state index in [0.29, 0.717) is 22.6 Å². The zero-order chi connectivity index (χ0) is 14.7. The number of nitrogens with two attached hydrogens (primary N) is 1. The lowest BCUT2D eigenvalue weighted by Gasteiger charge is -2.13. The third-order valence-corrected chi connectivity index (χ3v) is 2.88. The molecule has 2 rings (SSSR count). The number of aryl methyl sites for hydroxylation is 2. The average Bonchev–Trinajstić information content (AvgIpc) is 2.42. The van der Waals surface area contributed by atoms with Gasteiger partial charge in [-0.2, -0.15) is 0 Å². The van der Waals surface area contributed by atoms with Crippen molar-refractivity contribution in [3.05, 3.63) is 58.9 Å². The first-order valence-corrected chi connectivity index (χ1v) is 6.04. The van der Waals surface area contributed by atoms with Crippen molar-refractivity contribution in [3.63, 3.8) is 0 Å². The summed E-state index contributed by atoms with van der Waals surface area (Å²) in [6.45, 7) is 3.64. The molecule has 0 atom stereocenters. The Hall–Kier alpha value is -2.56. The molecule has 2 aromatic rings. The van der Waals surface area contributed by atoms with E-state index < -0.39 is 0 Å². The van der Waals surface area contributed by atoms with Crippen LogP contribution in [-0.2, 0) is 0 Å². The van der Waals surface area contributed by atoms with Crippen molar-refractivity contribution in [2.45, 2.75) is 13.8 Å². The fourth-order valence-electron chi connectivity index (χ4n) is 1.83. The summed E-state index contributed by atoms with van der Waals surface area (Å²) in [6.07, 6.45) is 0. The molecule has 4 nitrogen and oxygen atoms in total. The van der Waals surface area contributed by atoms with Crippen LogP contribution in [0.5, 0.6) is 11.5 Å². The Morgan fingerprint density at radius 2 is 1.85 bits per heavy atom. The smallest absolute Gasteiger partial charge is 0.173 e. The van der Waals surface area contributed by atoms with Crippen LogP contribution >= 0.6 is 0 Å². The van der Waals surface area contributed by atoms with E-state index in [1.807, 2.05) is 13.0 Å². The minimum atomic E-state index is -0.324. The summed E-state index contributed by atoms with van der Waals surface area (Å²) in [5.41, 5.74) is 7.74. The fraction of sp³-hybridized carbons (Fsp3) is 0.133. The van der Waals surface area contributed by atoms with E-state index in [1.165, 1.54) is 12.1 Å². The summed E-state index contributed by atoms with van der Waals surface area (Å²) in [5, 5.41) is 11.8. The molecule has 0 aliphatic carbocycles. The maximum atomic E-state index is 13.1. The molecule has 2 aromatic carbocycles. The molecule has 104 valence electrons. The number of benzene rings is 2. The summed E-state index contributed by atoms with van der Waals surface area (Å²) in [6, 6.07) is 9.57. The molecular weight excluding hydrogens is 259 g/mol. The zero-order valence-corrected chi connectivity index (χ0v) is 11.2. The molecule has 0 unspecified atom stereocenters. The first kappa shape index (κ1) is 13.9. The van der Waals surface area contributed by atoms with Gasteiger partial charge in [-0.1, -0.05) is 16.8 Å². The lowest BCUT2D eigenvalue weighted by molar-refractivity contribution is 0.318.